The van der Waals surface area contributed by atoms with Gasteiger partial charge in [0.05, 0.1) is 19.3 Å². The number of carbonyl (C=O) groups is 1. The molecule has 2 aromatic rings. The predicted octanol–water partition coefficient (Wildman–Crippen LogP) is 0.232. The number of hydrazone groups is 1. The molecule has 0 aliphatic carbocycles. The van der Waals surface area contributed by atoms with E-state index in [9.17, 15) is 20.1 Å². The van der Waals surface area contributed by atoms with Crippen LogP contribution in [0.2, 0.25) is 0 Å². The van der Waals surface area contributed by atoms with E-state index in [1.165, 1.54) is 17.0 Å². The van der Waals surface area contributed by atoms with E-state index in [2.05, 4.69) is 10.5 Å². The molecule has 0 aliphatic heterocycles. The zero-order valence-corrected chi connectivity index (χ0v) is 11.1. The highest BCUT2D eigenvalue weighted by atomic mass is 16.6. The number of hydrogen-bond donors (Lipinski definition) is 1. The topological polar surface area (TPSA) is 130 Å². The molecule has 0 unspecified atom stereocenters. The van der Waals surface area contributed by atoms with Gasteiger partial charge in [0.25, 0.3) is 0 Å². The van der Waals surface area contributed by atoms with E-state index in [1.54, 1.807) is 14.0 Å². The Labute approximate surface area is 118 Å². The molecule has 0 atom stereocenters. The van der Waals surface area contributed by atoms with Gasteiger partial charge < -0.3 is 9.62 Å². The van der Waals surface area contributed by atoms with Crippen LogP contribution in [-0.2, 0) is 7.05 Å². The maximum Gasteiger partial charge on any atom is 0.433 e. The number of amides is 1. The van der Waals surface area contributed by atoms with Crippen LogP contribution in [0.15, 0.2) is 28.0 Å². The van der Waals surface area contributed by atoms with E-state index in [0.29, 0.717) is 10.4 Å². The number of aryl methyl sites for hydroxylation is 1. The lowest BCUT2D eigenvalue weighted by Gasteiger charge is -2.01. The van der Waals surface area contributed by atoms with Gasteiger partial charge in [0.15, 0.2) is 11.5 Å². The molecule has 10 heteroatoms. The van der Waals surface area contributed by atoms with Crippen molar-refractivity contribution < 1.29 is 18.9 Å². The lowest BCUT2D eigenvalue weighted by atomic mass is 10.3. The van der Waals surface area contributed by atoms with Crippen molar-refractivity contribution in [2.24, 2.45) is 12.1 Å². The first kappa shape index (κ1) is 14.2. The molecule has 1 amide bonds. The molecular weight excluding hydrogens is 282 g/mol. The Hall–Kier alpha value is -3.17. The summed E-state index contributed by atoms with van der Waals surface area (Å²) < 4.78 is 6.74. The third-order valence-electron chi connectivity index (χ3n) is 2.74. The molecule has 10 nitrogen and oxygen atoms in total. The second-order valence-corrected chi connectivity index (χ2v) is 4.12. The number of furan rings is 1. The summed E-state index contributed by atoms with van der Waals surface area (Å²) in [5.74, 6) is -1.03. The molecule has 21 heavy (non-hydrogen) atoms. The third-order valence-corrected chi connectivity index (χ3v) is 2.74. The van der Waals surface area contributed by atoms with Crippen molar-refractivity contribution >= 4 is 18.0 Å². The minimum atomic E-state index is -0.694. The first-order chi connectivity index (χ1) is 9.90. The van der Waals surface area contributed by atoms with E-state index in [1.807, 2.05) is 0 Å². The molecule has 1 N–H and O–H groups in total. The van der Waals surface area contributed by atoms with Crippen molar-refractivity contribution in [2.75, 3.05) is 0 Å². The van der Waals surface area contributed by atoms with Crippen LogP contribution in [0.4, 0.5) is 5.88 Å². The summed E-state index contributed by atoms with van der Waals surface area (Å²) in [6.07, 6.45) is 2.31. The van der Waals surface area contributed by atoms with Gasteiger partial charge >= 0.3 is 11.8 Å². The van der Waals surface area contributed by atoms with Crippen LogP contribution in [0.5, 0.6) is 0 Å². The van der Waals surface area contributed by atoms with Crippen molar-refractivity contribution in [3.63, 3.8) is 0 Å². The van der Waals surface area contributed by atoms with Gasteiger partial charge in [-0.25, -0.2) is 14.7 Å². The van der Waals surface area contributed by atoms with E-state index in [0.717, 1.165) is 12.3 Å². The number of imidazole rings is 1. The zero-order chi connectivity index (χ0) is 15.6. The molecule has 0 fully saturated rings. The van der Waals surface area contributed by atoms with Crippen molar-refractivity contribution in [1.29, 1.82) is 0 Å². The van der Waals surface area contributed by atoms with Gasteiger partial charge in [-0.05, 0) is 6.07 Å². The van der Waals surface area contributed by atoms with Gasteiger partial charge in [-0.15, -0.1) is 0 Å². The van der Waals surface area contributed by atoms with Crippen LogP contribution in [-0.4, -0.2) is 21.6 Å². The Morgan fingerprint density at radius 3 is 2.81 bits per heavy atom. The molecule has 0 spiro atoms. The third kappa shape index (κ3) is 2.88. The number of rotatable bonds is 4. The Bertz CT molecular complexity index is 729. The number of nitrogens with one attached hydrogen (secondary N) is 1. The normalized spacial score (nSPS) is 11.0. The molecule has 0 bridgehead atoms. The van der Waals surface area contributed by atoms with Crippen molar-refractivity contribution in [3.05, 3.63) is 50.9 Å². The Morgan fingerprint density at radius 2 is 2.29 bits per heavy atom. The minimum absolute atomic E-state index is 0.0833. The largest absolute Gasteiger partial charge is 0.710 e. The lowest BCUT2D eigenvalue weighted by Crippen LogP contribution is -2.36. The molecule has 110 valence electrons. The van der Waals surface area contributed by atoms with Crippen LogP contribution in [0.25, 0.3) is 0 Å². The quantitative estimate of drug-likeness (QED) is 0.283. The molecule has 0 aromatic carbocycles. The van der Waals surface area contributed by atoms with Gasteiger partial charge in [-0.1, -0.05) is 0 Å². The van der Waals surface area contributed by atoms with Gasteiger partial charge in [0, 0.05) is 6.92 Å². The molecule has 0 radical (unpaired) electrons. The molecule has 2 rings (SSSR count). The molecule has 2 aromatic heterocycles. The van der Waals surface area contributed by atoms with E-state index < -0.39 is 16.7 Å². The van der Waals surface area contributed by atoms with Crippen LogP contribution in [0.1, 0.15) is 21.9 Å². The molecule has 2 heterocycles. The summed E-state index contributed by atoms with van der Waals surface area (Å²) in [5.41, 5.74) is 2.54. The number of hydrogen-bond acceptors (Lipinski definition) is 6. The summed E-state index contributed by atoms with van der Waals surface area (Å²) in [6, 6.07) is 2.49. The van der Waals surface area contributed by atoms with Crippen molar-refractivity contribution in [3.8, 4) is 0 Å². The summed E-state index contributed by atoms with van der Waals surface area (Å²) in [6.45, 7) is 1.61. The van der Waals surface area contributed by atoms with Gasteiger partial charge in [-0.2, -0.15) is 5.10 Å². The smallest absolute Gasteiger partial charge is 0.433 e. The van der Waals surface area contributed by atoms with E-state index >= 15 is 0 Å². The molecular formula is C11H11N5O5. The fraction of sp³-hybridized carbons (Fsp3) is 0.182. The minimum Gasteiger partial charge on any atom is -0.710 e. The lowest BCUT2D eigenvalue weighted by molar-refractivity contribution is -0.607. The maximum atomic E-state index is 11.8. The SMILES string of the molecule is Cc1c(C(=O)N/N=C\c2ccc([N+](=O)[O-])o2)[n+]([O-])cn1C. The Balaban J connectivity index is 2.06. The fourth-order valence-corrected chi connectivity index (χ4v) is 1.61. The van der Waals surface area contributed by atoms with Crippen LogP contribution >= 0.6 is 0 Å². The van der Waals surface area contributed by atoms with Gasteiger partial charge in [-0.3, -0.25) is 14.9 Å². The molecule has 0 saturated heterocycles. The predicted molar refractivity (Wildman–Crippen MR) is 69.5 cm³/mol. The highest BCUT2D eigenvalue weighted by Crippen LogP contribution is 2.13. The first-order valence-electron chi connectivity index (χ1n) is 5.73. The summed E-state index contributed by atoms with van der Waals surface area (Å²) in [7, 11) is 1.63. The number of aromatic nitrogens is 2. The highest BCUT2D eigenvalue weighted by molar-refractivity contribution is 5.92. The average molecular weight is 293 g/mol. The fourth-order valence-electron chi connectivity index (χ4n) is 1.61. The van der Waals surface area contributed by atoms with Crippen molar-refractivity contribution in [1.82, 2.24) is 9.99 Å². The number of nitro groups is 1. The average Bonchev–Trinajstić information content (AvgIpc) is 2.96. The second-order valence-electron chi connectivity index (χ2n) is 4.12. The monoisotopic (exact) mass is 293 g/mol. The zero-order valence-electron chi connectivity index (χ0n) is 11.1. The van der Waals surface area contributed by atoms with Gasteiger partial charge in [0.1, 0.15) is 4.92 Å². The highest BCUT2D eigenvalue weighted by Gasteiger charge is 2.21. The van der Waals surface area contributed by atoms with Crippen LogP contribution in [0, 0.1) is 22.2 Å². The summed E-state index contributed by atoms with van der Waals surface area (Å²) >= 11 is 0. The molecule has 0 aliphatic rings. The molecule has 0 saturated carbocycles. The van der Waals surface area contributed by atoms with Crippen LogP contribution < -0.4 is 10.2 Å². The standard InChI is InChI=1S/C11H11N5O5/c1-7-10(15(18)6-14(7)2)11(17)13-12-5-8-3-4-9(21-8)16(19)20/h3-6H,1-2H3,(H,13,17)/b12-5-. The summed E-state index contributed by atoms with van der Waals surface area (Å²) in [4.78, 5) is 21.5. The van der Waals surface area contributed by atoms with Gasteiger partial charge in [0.2, 0.25) is 12.0 Å². The maximum absolute atomic E-state index is 11.8. The Kier molecular flexibility index (Phi) is 3.69. The Morgan fingerprint density at radius 1 is 1.57 bits per heavy atom. The van der Waals surface area contributed by atoms with E-state index in [4.69, 9.17) is 4.42 Å². The summed E-state index contributed by atoms with van der Waals surface area (Å²) in [5, 5.41) is 25.5. The van der Waals surface area contributed by atoms with Crippen LogP contribution in [0.3, 0.4) is 0 Å². The van der Waals surface area contributed by atoms with E-state index in [-0.39, 0.29) is 11.5 Å². The number of nitrogens with zero attached hydrogens (tertiary/aromatic N) is 4. The van der Waals surface area contributed by atoms with Crippen molar-refractivity contribution in [2.45, 2.75) is 6.92 Å². The number of carbonyl (C=O) groups excluding carboxylic acids is 1. The first-order valence-corrected chi connectivity index (χ1v) is 5.73. The second kappa shape index (κ2) is 5.45.